The van der Waals surface area contributed by atoms with Crippen LogP contribution in [0.2, 0.25) is 5.02 Å². The Morgan fingerprint density at radius 2 is 2.00 bits per heavy atom. The van der Waals surface area contributed by atoms with Crippen LogP contribution in [0.5, 0.6) is 0 Å². The van der Waals surface area contributed by atoms with Gasteiger partial charge in [0.2, 0.25) is 0 Å². The molecule has 0 fully saturated rings. The maximum atomic E-state index is 13.8. The van der Waals surface area contributed by atoms with Crippen LogP contribution in [0, 0.1) is 17.1 Å². The molecule has 102 valence electrons. The minimum atomic E-state index is -1.31. The van der Waals surface area contributed by atoms with Gasteiger partial charge in [-0.05, 0) is 36.8 Å². The van der Waals surface area contributed by atoms with E-state index in [9.17, 15) is 9.50 Å². The lowest BCUT2D eigenvalue weighted by Crippen LogP contribution is -2.25. The Labute approximate surface area is 122 Å². The molecule has 0 heterocycles. The maximum Gasteiger partial charge on any atom is 0.128 e. The zero-order chi connectivity index (χ0) is 14.8. The number of rotatable bonds is 3. The second-order valence-corrected chi connectivity index (χ2v) is 5.25. The van der Waals surface area contributed by atoms with Crippen molar-refractivity contribution in [2.75, 3.05) is 0 Å². The Balaban J connectivity index is 2.38. The Bertz CT molecular complexity index is 656. The van der Waals surface area contributed by atoms with E-state index in [0.717, 1.165) is 0 Å². The molecule has 20 heavy (non-hydrogen) atoms. The van der Waals surface area contributed by atoms with E-state index in [1.54, 1.807) is 37.3 Å². The molecular formula is C16H13ClFNO. The zero-order valence-corrected chi connectivity index (χ0v) is 11.7. The molecule has 1 atom stereocenters. The molecule has 0 saturated heterocycles. The lowest BCUT2D eigenvalue weighted by atomic mass is 9.88. The quantitative estimate of drug-likeness (QED) is 0.934. The highest BCUT2D eigenvalue weighted by Crippen LogP contribution is 2.30. The average Bonchev–Trinajstić information content (AvgIpc) is 2.43. The Hall–Kier alpha value is -1.89. The summed E-state index contributed by atoms with van der Waals surface area (Å²) in [5.74, 6) is -0.450. The summed E-state index contributed by atoms with van der Waals surface area (Å²) >= 11 is 5.98. The SMILES string of the molecule is CC(O)(Cc1c(F)cccc1Cl)c1cccc(C#N)c1. The maximum absolute atomic E-state index is 13.8. The molecule has 4 heteroatoms. The number of hydrogen-bond acceptors (Lipinski definition) is 2. The smallest absolute Gasteiger partial charge is 0.128 e. The number of benzene rings is 2. The largest absolute Gasteiger partial charge is 0.385 e. The highest BCUT2D eigenvalue weighted by molar-refractivity contribution is 6.31. The van der Waals surface area contributed by atoms with Crippen molar-refractivity contribution in [2.45, 2.75) is 18.9 Å². The van der Waals surface area contributed by atoms with Gasteiger partial charge in [-0.1, -0.05) is 29.8 Å². The predicted molar refractivity (Wildman–Crippen MR) is 75.8 cm³/mol. The molecule has 0 amide bonds. The Kier molecular flexibility index (Phi) is 4.08. The van der Waals surface area contributed by atoms with E-state index in [2.05, 4.69) is 0 Å². The van der Waals surface area contributed by atoms with E-state index >= 15 is 0 Å². The molecule has 1 N–H and O–H groups in total. The molecule has 1 unspecified atom stereocenters. The second kappa shape index (κ2) is 5.62. The van der Waals surface area contributed by atoms with Crippen LogP contribution in [0.25, 0.3) is 0 Å². The topological polar surface area (TPSA) is 44.0 Å². The monoisotopic (exact) mass is 289 g/mol. The molecule has 0 aliphatic heterocycles. The first-order valence-electron chi connectivity index (χ1n) is 6.10. The van der Waals surface area contributed by atoms with Crippen LogP contribution in [-0.2, 0) is 12.0 Å². The van der Waals surface area contributed by atoms with E-state index < -0.39 is 11.4 Å². The molecule has 2 aromatic carbocycles. The minimum Gasteiger partial charge on any atom is -0.385 e. The first kappa shape index (κ1) is 14.5. The number of aliphatic hydroxyl groups is 1. The first-order valence-corrected chi connectivity index (χ1v) is 6.48. The summed E-state index contributed by atoms with van der Waals surface area (Å²) in [6, 6.07) is 13.1. The minimum absolute atomic E-state index is 0.0351. The van der Waals surface area contributed by atoms with Crippen LogP contribution in [-0.4, -0.2) is 5.11 Å². The summed E-state index contributed by atoms with van der Waals surface area (Å²) in [5, 5.41) is 19.7. The van der Waals surface area contributed by atoms with Crippen molar-refractivity contribution in [1.82, 2.24) is 0 Å². The molecule has 2 nitrogen and oxygen atoms in total. The predicted octanol–water partition coefficient (Wildman–Crippen LogP) is 3.80. The lowest BCUT2D eigenvalue weighted by Gasteiger charge is -2.25. The lowest BCUT2D eigenvalue weighted by molar-refractivity contribution is 0.0567. The van der Waals surface area contributed by atoms with Crippen molar-refractivity contribution < 1.29 is 9.50 Å². The molecule has 0 aliphatic rings. The van der Waals surface area contributed by atoms with Gasteiger partial charge in [-0.2, -0.15) is 5.26 Å². The van der Waals surface area contributed by atoms with E-state index in [4.69, 9.17) is 16.9 Å². The third-order valence-electron chi connectivity index (χ3n) is 3.20. The Morgan fingerprint density at radius 1 is 1.30 bits per heavy atom. The number of hydrogen-bond donors (Lipinski definition) is 1. The highest BCUT2D eigenvalue weighted by Gasteiger charge is 2.26. The van der Waals surface area contributed by atoms with Gasteiger partial charge in [0.15, 0.2) is 0 Å². The molecule has 0 radical (unpaired) electrons. The molecule has 0 spiro atoms. The van der Waals surface area contributed by atoms with Gasteiger partial charge in [0.05, 0.1) is 17.2 Å². The van der Waals surface area contributed by atoms with Crippen LogP contribution >= 0.6 is 11.6 Å². The highest BCUT2D eigenvalue weighted by atomic mass is 35.5. The molecule has 0 saturated carbocycles. The van der Waals surface area contributed by atoms with Gasteiger partial charge in [-0.25, -0.2) is 4.39 Å². The van der Waals surface area contributed by atoms with Gasteiger partial charge < -0.3 is 5.11 Å². The summed E-state index contributed by atoms with van der Waals surface area (Å²) in [6.45, 7) is 1.58. The first-order chi connectivity index (χ1) is 9.44. The second-order valence-electron chi connectivity index (χ2n) is 4.84. The van der Waals surface area contributed by atoms with Gasteiger partial charge in [-0.3, -0.25) is 0 Å². The summed E-state index contributed by atoms with van der Waals surface area (Å²) in [6.07, 6.45) is 0.0351. The number of nitriles is 1. The summed E-state index contributed by atoms with van der Waals surface area (Å²) in [4.78, 5) is 0. The van der Waals surface area contributed by atoms with Gasteiger partial charge >= 0.3 is 0 Å². The van der Waals surface area contributed by atoms with Crippen molar-refractivity contribution in [1.29, 1.82) is 5.26 Å². The zero-order valence-electron chi connectivity index (χ0n) is 10.9. The van der Waals surface area contributed by atoms with E-state index in [-0.39, 0.29) is 17.0 Å². The molecule has 2 aromatic rings. The standard InChI is InChI=1S/C16H13ClFNO/c1-16(20,12-5-2-4-11(8-12)10-19)9-13-14(17)6-3-7-15(13)18/h2-8,20H,9H2,1H3. The average molecular weight is 290 g/mol. The van der Waals surface area contributed by atoms with Crippen LogP contribution in [0.4, 0.5) is 4.39 Å². The molecule has 0 aromatic heterocycles. The van der Waals surface area contributed by atoms with Crippen molar-refractivity contribution in [2.24, 2.45) is 0 Å². The van der Waals surface area contributed by atoms with Gasteiger partial charge in [0.1, 0.15) is 5.82 Å². The molecule has 2 rings (SSSR count). The van der Waals surface area contributed by atoms with Gasteiger partial charge in [0, 0.05) is 17.0 Å². The normalized spacial score (nSPS) is 13.6. The fraction of sp³-hybridized carbons (Fsp3) is 0.188. The van der Waals surface area contributed by atoms with Crippen molar-refractivity contribution in [3.63, 3.8) is 0 Å². The molecule has 0 bridgehead atoms. The number of nitrogens with zero attached hydrogens (tertiary/aromatic N) is 1. The molecular weight excluding hydrogens is 277 g/mol. The van der Waals surface area contributed by atoms with Crippen molar-refractivity contribution in [3.8, 4) is 6.07 Å². The van der Waals surface area contributed by atoms with Crippen LogP contribution < -0.4 is 0 Å². The van der Waals surface area contributed by atoms with E-state index in [1.807, 2.05) is 6.07 Å². The van der Waals surface area contributed by atoms with Crippen LogP contribution in [0.1, 0.15) is 23.6 Å². The van der Waals surface area contributed by atoms with Crippen molar-refractivity contribution >= 4 is 11.6 Å². The summed E-state index contributed by atoms with van der Waals surface area (Å²) in [7, 11) is 0. The molecule has 0 aliphatic carbocycles. The third kappa shape index (κ3) is 2.98. The van der Waals surface area contributed by atoms with Crippen molar-refractivity contribution in [3.05, 3.63) is 70.0 Å². The summed E-state index contributed by atoms with van der Waals surface area (Å²) < 4.78 is 13.8. The Morgan fingerprint density at radius 3 is 2.65 bits per heavy atom. The fourth-order valence-corrected chi connectivity index (χ4v) is 2.30. The fourth-order valence-electron chi connectivity index (χ4n) is 2.07. The summed E-state index contributed by atoms with van der Waals surface area (Å²) in [5.41, 5.74) is -0.0431. The van der Waals surface area contributed by atoms with E-state index in [0.29, 0.717) is 11.1 Å². The third-order valence-corrected chi connectivity index (χ3v) is 3.55. The van der Waals surface area contributed by atoms with Gasteiger partial charge in [0.25, 0.3) is 0 Å². The van der Waals surface area contributed by atoms with E-state index in [1.165, 1.54) is 12.1 Å². The van der Waals surface area contributed by atoms with Crippen LogP contribution in [0.15, 0.2) is 42.5 Å². The van der Waals surface area contributed by atoms with Gasteiger partial charge in [-0.15, -0.1) is 0 Å². The number of halogens is 2. The van der Waals surface area contributed by atoms with Crippen LogP contribution in [0.3, 0.4) is 0 Å².